The molecule has 0 radical (unpaired) electrons. The highest BCUT2D eigenvalue weighted by molar-refractivity contribution is 7.99. The van der Waals surface area contributed by atoms with Crippen LogP contribution < -0.4 is 15.5 Å². The maximum absolute atomic E-state index is 13.2. The molecule has 4 rings (SSSR count). The molecule has 3 amide bonds. The van der Waals surface area contributed by atoms with E-state index < -0.39 is 0 Å². The SMILES string of the molecule is CC(=O)Nc1ccc(CC(=O)Nc2ccc3c(c2)Sc2ccccc2C(=O)N3C(C)C)cc1. The molecular formula is C26H25N3O3S. The summed E-state index contributed by atoms with van der Waals surface area (Å²) in [5.41, 5.74) is 3.73. The fraction of sp³-hybridized carbons (Fsp3) is 0.192. The van der Waals surface area contributed by atoms with Gasteiger partial charge in [-0.2, -0.15) is 0 Å². The lowest BCUT2D eigenvalue weighted by Gasteiger charge is -2.27. The van der Waals surface area contributed by atoms with Crippen LogP contribution in [0.3, 0.4) is 0 Å². The second kappa shape index (κ2) is 9.50. The van der Waals surface area contributed by atoms with Gasteiger partial charge in [0.1, 0.15) is 0 Å². The van der Waals surface area contributed by atoms with Crippen molar-refractivity contribution in [2.24, 2.45) is 0 Å². The molecule has 33 heavy (non-hydrogen) atoms. The van der Waals surface area contributed by atoms with Gasteiger partial charge in [-0.1, -0.05) is 36.0 Å². The standard InChI is InChI=1S/C26H25N3O3S/c1-16(2)29-22-13-12-20(15-24(22)33-23-7-5-4-6-21(23)26(29)32)28-25(31)14-18-8-10-19(11-9-18)27-17(3)30/h4-13,15-16H,14H2,1-3H3,(H,27,30)(H,28,31). The maximum Gasteiger partial charge on any atom is 0.259 e. The van der Waals surface area contributed by atoms with E-state index in [2.05, 4.69) is 10.6 Å². The van der Waals surface area contributed by atoms with Crippen molar-refractivity contribution in [1.29, 1.82) is 0 Å². The first-order valence-electron chi connectivity index (χ1n) is 10.7. The Hall–Kier alpha value is -3.58. The molecule has 0 atom stereocenters. The second-order valence-electron chi connectivity index (χ2n) is 8.15. The van der Waals surface area contributed by atoms with E-state index >= 15 is 0 Å². The number of rotatable bonds is 5. The molecule has 3 aromatic carbocycles. The Balaban J connectivity index is 1.54. The monoisotopic (exact) mass is 459 g/mol. The molecule has 0 aromatic heterocycles. The molecule has 0 saturated heterocycles. The molecular weight excluding hydrogens is 434 g/mol. The number of hydrogen-bond acceptors (Lipinski definition) is 4. The highest BCUT2D eigenvalue weighted by Crippen LogP contribution is 2.43. The van der Waals surface area contributed by atoms with Crippen molar-refractivity contribution in [2.75, 3.05) is 15.5 Å². The van der Waals surface area contributed by atoms with Gasteiger partial charge in [-0.3, -0.25) is 14.4 Å². The number of carbonyl (C=O) groups is 3. The molecule has 3 aromatic rings. The summed E-state index contributed by atoms with van der Waals surface area (Å²) in [5, 5.41) is 5.67. The first-order valence-corrected chi connectivity index (χ1v) is 11.5. The van der Waals surface area contributed by atoms with Crippen LogP contribution in [-0.4, -0.2) is 23.8 Å². The summed E-state index contributed by atoms with van der Waals surface area (Å²) in [7, 11) is 0. The summed E-state index contributed by atoms with van der Waals surface area (Å²) in [6.07, 6.45) is 0.212. The molecule has 2 N–H and O–H groups in total. The van der Waals surface area contributed by atoms with Gasteiger partial charge in [-0.25, -0.2) is 0 Å². The highest BCUT2D eigenvalue weighted by atomic mass is 32.2. The number of nitrogens with one attached hydrogen (secondary N) is 2. The van der Waals surface area contributed by atoms with Crippen molar-refractivity contribution < 1.29 is 14.4 Å². The zero-order valence-corrected chi connectivity index (χ0v) is 19.5. The Labute approximate surface area is 197 Å². The van der Waals surface area contributed by atoms with Gasteiger partial charge in [0.2, 0.25) is 11.8 Å². The van der Waals surface area contributed by atoms with E-state index in [0.717, 1.165) is 21.0 Å². The zero-order valence-electron chi connectivity index (χ0n) is 18.7. The molecule has 1 aliphatic heterocycles. The minimum atomic E-state index is -0.141. The van der Waals surface area contributed by atoms with Crippen LogP contribution in [0.4, 0.5) is 17.1 Å². The molecule has 0 aliphatic carbocycles. The number of fused-ring (bicyclic) bond motifs is 2. The van der Waals surface area contributed by atoms with Crippen LogP contribution in [0.1, 0.15) is 36.7 Å². The largest absolute Gasteiger partial charge is 0.326 e. The fourth-order valence-electron chi connectivity index (χ4n) is 3.78. The first kappa shape index (κ1) is 22.6. The lowest BCUT2D eigenvalue weighted by Crippen LogP contribution is -2.36. The summed E-state index contributed by atoms with van der Waals surface area (Å²) >= 11 is 1.53. The van der Waals surface area contributed by atoms with Gasteiger partial charge < -0.3 is 15.5 Å². The van der Waals surface area contributed by atoms with Gasteiger partial charge in [0.15, 0.2) is 0 Å². The predicted octanol–water partition coefficient (Wildman–Crippen LogP) is 5.35. The summed E-state index contributed by atoms with van der Waals surface area (Å²) in [4.78, 5) is 40.6. The van der Waals surface area contributed by atoms with Crippen LogP contribution >= 0.6 is 11.8 Å². The van der Waals surface area contributed by atoms with Crippen LogP contribution in [-0.2, 0) is 16.0 Å². The Kier molecular flexibility index (Phi) is 6.51. The van der Waals surface area contributed by atoms with Crippen LogP contribution in [0, 0.1) is 0 Å². The second-order valence-corrected chi connectivity index (χ2v) is 9.24. The molecule has 6 nitrogen and oxygen atoms in total. The Morgan fingerprint density at radius 2 is 1.61 bits per heavy atom. The van der Waals surface area contributed by atoms with Crippen LogP contribution in [0.15, 0.2) is 76.5 Å². The average molecular weight is 460 g/mol. The summed E-state index contributed by atoms with van der Waals surface area (Å²) in [6.45, 7) is 5.44. The lowest BCUT2D eigenvalue weighted by molar-refractivity contribution is -0.116. The Bertz CT molecular complexity index is 1220. The zero-order chi connectivity index (χ0) is 23.5. The van der Waals surface area contributed by atoms with Gasteiger partial charge in [0, 0.05) is 34.1 Å². The van der Waals surface area contributed by atoms with E-state index in [1.165, 1.54) is 18.7 Å². The molecule has 0 spiro atoms. The lowest BCUT2D eigenvalue weighted by atomic mass is 10.1. The first-order chi connectivity index (χ1) is 15.8. The molecule has 0 saturated carbocycles. The normalized spacial score (nSPS) is 12.6. The number of anilines is 3. The predicted molar refractivity (Wildman–Crippen MR) is 132 cm³/mol. The number of nitrogens with zero attached hydrogens (tertiary/aromatic N) is 1. The molecule has 7 heteroatoms. The van der Waals surface area contributed by atoms with Gasteiger partial charge in [0.25, 0.3) is 5.91 Å². The maximum atomic E-state index is 13.2. The number of carbonyl (C=O) groups excluding carboxylic acids is 3. The van der Waals surface area contributed by atoms with Gasteiger partial charge >= 0.3 is 0 Å². The minimum Gasteiger partial charge on any atom is -0.326 e. The molecule has 168 valence electrons. The highest BCUT2D eigenvalue weighted by Gasteiger charge is 2.29. The average Bonchev–Trinajstić information content (AvgIpc) is 2.88. The third kappa shape index (κ3) is 5.09. The number of amides is 3. The van der Waals surface area contributed by atoms with Crippen molar-refractivity contribution in [1.82, 2.24) is 0 Å². The smallest absolute Gasteiger partial charge is 0.259 e. The topological polar surface area (TPSA) is 78.5 Å². The third-order valence-electron chi connectivity index (χ3n) is 5.21. The quantitative estimate of drug-likeness (QED) is 0.539. The molecule has 1 heterocycles. The van der Waals surface area contributed by atoms with E-state index in [0.29, 0.717) is 16.9 Å². The van der Waals surface area contributed by atoms with E-state index in [4.69, 9.17) is 0 Å². The van der Waals surface area contributed by atoms with Crippen molar-refractivity contribution in [3.05, 3.63) is 77.9 Å². The van der Waals surface area contributed by atoms with Crippen molar-refractivity contribution in [3.8, 4) is 0 Å². The summed E-state index contributed by atoms with van der Waals surface area (Å²) < 4.78 is 0. The number of hydrogen-bond donors (Lipinski definition) is 2. The van der Waals surface area contributed by atoms with Crippen molar-refractivity contribution >= 4 is 46.5 Å². The van der Waals surface area contributed by atoms with E-state index in [9.17, 15) is 14.4 Å². The molecule has 0 fully saturated rings. The Morgan fingerprint density at radius 3 is 2.30 bits per heavy atom. The van der Waals surface area contributed by atoms with Crippen LogP contribution in [0.2, 0.25) is 0 Å². The van der Waals surface area contributed by atoms with Crippen molar-refractivity contribution in [3.63, 3.8) is 0 Å². The number of benzene rings is 3. The molecule has 1 aliphatic rings. The van der Waals surface area contributed by atoms with Gasteiger partial charge in [-0.15, -0.1) is 0 Å². The third-order valence-corrected chi connectivity index (χ3v) is 6.34. The Morgan fingerprint density at radius 1 is 0.909 bits per heavy atom. The molecule has 0 unspecified atom stereocenters. The fourth-order valence-corrected chi connectivity index (χ4v) is 4.88. The minimum absolute atomic E-state index is 0.0103. The van der Waals surface area contributed by atoms with Crippen LogP contribution in [0.5, 0.6) is 0 Å². The van der Waals surface area contributed by atoms with E-state index in [1.54, 1.807) is 17.0 Å². The van der Waals surface area contributed by atoms with E-state index in [-0.39, 0.29) is 30.2 Å². The summed E-state index contributed by atoms with van der Waals surface area (Å²) in [6, 6.07) is 20.4. The molecule has 0 bridgehead atoms. The summed E-state index contributed by atoms with van der Waals surface area (Å²) in [5.74, 6) is -0.300. The van der Waals surface area contributed by atoms with Gasteiger partial charge in [-0.05, 0) is 61.9 Å². The van der Waals surface area contributed by atoms with E-state index in [1.807, 2.05) is 68.4 Å². The van der Waals surface area contributed by atoms with Crippen molar-refractivity contribution in [2.45, 2.75) is 43.0 Å². The van der Waals surface area contributed by atoms with Gasteiger partial charge in [0.05, 0.1) is 17.7 Å². The van der Waals surface area contributed by atoms with Crippen LogP contribution in [0.25, 0.3) is 0 Å².